The van der Waals surface area contributed by atoms with Crippen LogP contribution in [-0.2, 0) is 34.4 Å². The van der Waals surface area contributed by atoms with E-state index in [1.807, 2.05) is 35.3 Å². The van der Waals surface area contributed by atoms with Gasteiger partial charge in [-0.3, -0.25) is 23.9 Å². The van der Waals surface area contributed by atoms with Crippen LogP contribution in [0.1, 0.15) is 110 Å². The number of pyridine rings is 2. The van der Waals surface area contributed by atoms with Gasteiger partial charge in [-0.25, -0.2) is 4.98 Å². The smallest absolute Gasteiger partial charge is 0.433 e. The first-order chi connectivity index (χ1) is 31.1. The number of aryl methyl sites for hydroxylation is 1. The molecule has 6 aromatic rings. The van der Waals surface area contributed by atoms with Gasteiger partial charge >= 0.3 is 12.1 Å². The molecule has 4 aromatic heterocycles. The van der Waals surface area contributed by atoms with E-state index < -0.39 is 29.3 Å². The number of carbonyl (C=O) groups excluding carboxylic acids is 3. The highest BCUT2D eigenvalue weighted by molar-refractivity contribution is 6.12. The molecule has 7 rings (SSSR count). The van der Waals surface area contributed by atoms with Gasteiger partial charge < -0.3 is 34.9 Å². The van der Waals surface area contributed by atoms with Gasteiger partial charge in [0.25, 0.3) is 17.4 Å². The summed E-state index contributed by atoms with van der Waals surface area (Å²) >= 11 is 0. The van der Waals surface area contributed by atoms with Gasteiger partial charge in [0.05, 0.1) is 29.5 Å². The van der Waals surface area contributed by atoms with Gasteiger partial charge in [-0.1, -0.05) is 25.0 Å². The van der Waals surface area contributed by atoms with Crippen molar-refractivity contribution in [1.82, 2.24) is 29.2 Å². The van der Waals surface area contributed by atoms with Crippen molar-refractivity contribution in [3.05, 3.63) is 118 Å². The van der Waals surface area contributed by atoms with Gasteiger partial charge in [0.1, 0.15) is 17.9 Å². The SMILES string of the molecule is CCOC(=O)Cn1cc(NC(=O)c2cccc3c2ccn3CCCCCCNCC2CCC(n3cc4cc(NC(=O)c5cccc(C(F)(F)F)n5)c(C(C)(C)O)cc4n3)CC2)ccc1=O. The normalized spacial score (nSPS) is 15.6. The maximum Gasteiger partial charge on any atom is 0.433 e. The number of alkyl halides is 3. The average Bonchev–Trinajstić information content (AvgIpc) is 3.89. The Morgan fingerprint density at radius 2 is 1.65 bits per heavy atom. The summed E-state index contributed by atoms with van der Waals surface area (Å²) in [5.74, 6) is -1.11. The Bertz CT molecular complexity index is 2710. The summed E-state index contributed by atoms with van der Waals surface area (Å²) in [4.78, 5) is 54.0. The lowest BCUT2D eigenvalue weighted by atomic mass is 9.86. The van der Waals surface area contributed by atoms with E-state index in [1.54, 1.807) is 39.0 Å². The summed E-state index contributed by atoms with van der Waals surface area (Å²) in [6.45, 7) is 7.53. The number of hydrogen-bond donors (Lipinski definition) is 4. The zero-order valence-corrected chi connectivity index (χ0v) is 36.8. The van der Waals surface area contributed by atoms with Gasteiger partial charge in [-0.15, -0.1) is 0 Å². The number of aliphatic hydroxyl groups is 1. The number of aromatic nitrogens is 5. The van der Waals surface area contributed by atoms with Crippen LogP contribution in [0.4, 0.5) is 24.5 Å². The number of benzene rings is 2. The van der Waals surface area contributed by atoms with Crippen molar-refractivity contribution in [2.24, 2.45) is 5.92 Å². The van der Waals surface area contributed by atoms with Crippen LogP contribution in [0.25, 0.3) is 21.8 Å². The molecule has 1 saturated carbocycles. The second kappa shape index (κ2) is 20.2. The monoisotopic (exact) mass is 896 g/mol. The number of ether oxygens (including phenoxy) is 1. The Morgan fingerprint density at radius 1 is 0.877 bits per heavy atom. The highest BCUT2D eigenvalue weighted by Crippen LogP contribution is 2.36. The van der Waals surface area contributed by atoms with Gasteiger partial charge in [0, 0.05) is 64.3 Å². The predicted molar refractivity (Wildman–Crippen MR) is 242 cm³/mol. The molecule has 1 aliphatic carbocycles. The molecule has 344 valence electrons. The lowest BCUT2D eigenvalue weighted by Gasteiger charge is -2.28. The number of esters is 1. The van der Waals surface area contributed by atoms with Crippen LogP contribution in [-0.4, -0.2) is 66.5 Å². The molecule has 4 heterocycles. The summed E-state index contributed by atoms with van der Waals surface area (Å²) in [7, 11) is 0. The van der Waals surface area contributed by atoms with Crippen LogP contribution in [0.15, 0.2) is 90.1 Å². The standard InChI is InChI=1S/C48H55F3N8O6/c1-4-65-44(61)30-58-29-33(17-20-43(58)60)53-45(62)36-11-9-13-41-35(36)21-24-57(41)23-8-6-5-7-22-52-27-31-15-18-34(19-16-31)59-28-32-25-40(37(47(2,3)64)26-39(32)56-59)55-46(63)38-12-10-14-42(54-38)48(49,50)51/h9-14,17,20-21,24-26,28-29,31,34,52,64H,4-8,15-16,18-19,22-23,27,30H2,1-3H3,(H,53,62)(H,55,63). The van der Waals surface area contributed by atoms with E-state index in [1.165, 1.54) is 29.0 Å². The molecule has 2 amide bonds. The molecule has 0 radical (unpaired) electrons. The molecule has 1 fully saturated rings. The Hall–Kier alpha value is -6.33. The molecule has 2 aromatic carbocycles. The second-order valence-corrected chi connectivity index (χ2v) is 17.2. The maximum absolute atomic E-state index is 13.3. The Labute approximate surface area is 374 Å². The van der Waals surface area contributed by atoms with E-state index in [-0.39, 0.29) is 42.0 Å². The summed E-state index contributed by atoms with van der Waals surface area (Å²) in [5, 5.41) is 26.5. The summed E-state index contributed by atoms with van der Waals surface area (Å²) < 4.78 is 50.0. The van der Waals surface area contributed by atoms with Crippen LogP contribution in [0.5, 0.6) is 0 Å². The fourth-order valence-electron chi connectivity index (χ4n) is 8.49. The molecule has 1 aliphatic rings. The van der Waals surface area contributed by atoms with E-state index in [0.717, 1.165) is 99.4 Å². The van der Waals surface area contributed by atoms with Gasteiger partial charge in [-0.2, -0.15) is 18.3 Å². The summed E-state index contributed by atoms with van der Waals surface area (Å²) in [6, 6.07) is 17.2. The van der Waals surface area contributed by atoms with Crippen molar-refractivity contribution in [3.63, 3.8) is 0 Å². The molecule has 0 saturated heterocycles. The highest BCUT2D eigenvalue weighted by atomic mass is 19.4. The minimum Gasteiger partial charge on any atom is -0.465 e. The first kappa shape index (κ1) is 46.7. The Morgan fingerprint density at radius 3 is 2.40 bits per heavy atom. The number of rotatable bonds is 18. The zero-order chi connectivity index (χ0) is 46.3. The number of fused-ring (bicyclic) bond motifs is 2. The molecular formula is C48H55F3N8O6. The summed E-state index contributed by atoms with van der Waals surface area (Å²) in [5.41, 5.74) is -0.124. The maximum atomic E-state index is 13.3. The summed E-state index contributed by atoms with van der Waals surface area (Å²) in [6.07, 6.45) is 8.93. The molecule has 4 N–H and O–H groups in total. The lowest BCUT2D eigenvalue weighted by Crippen LogP contribution is -2.28. The van der Waals surface area contributed by atoms with Crippen molar-refractivity contribution in [2.75, 3.05) is 30.3 Å². The molecule has 65 heavy (non-hydrogen) atoms. The largest absolute Gasteiger partial charge is 0.465 e. The lowest BCUT2D eigenvalue weighted by molar-refractivity contribution is -0.144. The number of hydrogen-bond acceptors (Lipinski definition) is 9. The molecule has 17 heteroatoms. The zero-order valence-electron chi connectivity index (χ0n) is 36.8. The third kappa shape index (κ3) is 11.7. The molecule has 14 nitrogen and oxygen atoms in total. The van der Waals surface area contributed by atoms with Crippen molar-refractivity contribution in [2.45, 2.75) is 103 Å². The van der Waals surface area contributed by atoms with E-state index in [9.17, 15) is 37.5 Å². The quantitative estimate of drug-likeness (QED) is 0.0488. The highest BCUT2D eigenvalue weighted by Gasteiger charge is 2.33. The number of carbonyl (C=O) groups is 3. The van der Waals surface area contributed by atoms with Gasteiger partial charge in [0.2, 0.25) is 0 Å². The Kier molecular flexibility index (Phi) is 14.5. The van der Waals surface area contributed by atoms with Crippen LogP contribution >= 0.6 is 0 Å². The number of amides is 2. The molecule has 0 aliphatic heterocycles. The van der Waals surface area contributed by atoms with Gasteiger partial charge in [0.15, 0.2) is 0 Å². The van der Waals surface area contributed by atoms with Crippen LogP contribution in [0.2, 0.25) is 0 Å². The van der Waals surface area contributed by atoms with E-state index in [0.29, 0.717) is 28.2 Å². The molecule has 0 spiro atoms. The molecular weight excluding hydrogens is 842 g/mol. The molecule has 0 atom stereocenters. The van der Waals surface area contributed by atoms with E-state index in [2.05, 4.69) is 25.5 Å². The predicted octanol–water partition coefficient (Wildman–Crippen LogP) is 8.44. The van der Waals surface area contributed by atoms with Crippen molar-refractivity contribution in [3.8, 4) is 0 Å². The van der Waals surface area contributed by atoms with Crippen molar-refractivity contribution in [1.29, 1.82) is 0 Å². The number of unbranched alkanes of at least 4 members (excludes halogenated alkanes) is 3. The third-order valence-corrected chi connectivity index (χ3v) is 11.9. The fourth-order valence-corrected chi connectivity index (χ4v) is 8.49. The average molecular weight is 897 g/mol. The van der Waals surface area contributed by atoms with Crippen molar-refractivity contribution >= 4 is 51.0 Å². The van der Waals surface area contributed by atoms with Gasteiger partial charge in [-0.05, 0) is 127 Å². The fraction of sp³-hybridized carbons (Fsp3) is 0.417. The molecule has 0 bridgehead atoms. The second-order valence-electron chi connectivity index (χ2n) is 17.2. The topological polar surface area (TPSA) is 174 Å². The first-order valence-electron chi connectivity index (χ1n) is 22.1. The molecule has 0 unspecified atom stereocenters. The van der Waals surface area contributed by atoms with Crippen LogP contribution < -0.4 is 21.5 Å². The minimum atomic E-state index is -4.69. The third-order valence-electron chi connectivity index (χ3n) is 11.9. The number of nitrogens with one attached hydrogen (secondary N) is 3. The van der Waals surface area contributed by atoms with E-state index in [4.69, 9.17) is 9.84 Å². The van der Waals surface area contributed by atoms with Crippen molar-refractivity contribution < 1.29 is 37.4 Å². The van der Waals surface area contributed by atoms with Crippen LogP contribution in [0.3, 0.4) is 0 Å². The van der Waals surface area contributed by atoms with E-state index >= 15 is 0 Å². The minimum absolute atomic E-state index is 0.194. The number of halogens is 3. The first-order valence-corrected chi connectivity index (χ1v) is 22.1. The van der Waals surface area contributed by atoms with Crippen LogP contribution in [0, 0.1) is 5.92 Å². The number of anilines is 2. The number of nitrogens with zero attached hydrogens (tertiary/aromatic N) is 5. The Balaban J connectivity index is 0.833.